The van der Waals surface area contributed by atoms with E-state index in [0.717, 1.165) is 71.6 Å². The second-order valence-corrected chi connectivity index (χ2v) is 14.6. The number of aryl methyl sites for hydroxylation is 2. The molecule has 0 saturated carbocycles. The molecule has 0 radical (unpaired) electrons. The van der Waals surface area contributed by atoms with Gasteiger partial charge in [-0.2, -0.15) is 5.10 Å². The minimum absolute atomic E-state index is 0.171. The molecule has 4 heterocycles. The first-order valence-corrected chi connectivity index (χ1v) is 17.2. The Morgan fingerprint density at radius 3 is 2.40 bits per heavy atom. The molecule has 248 valence electrons. The number of urea groups is 1. The fourth-order valence-corrected chi connectivity index (χ4v) is 7.45. The van der Waals surface area contributed by atoms with Gasteiger partial charge in [0.15, 0.2) is 0 Å². The summed E-state index contributed by atoms with van der Waals surface area (Å²) < 4.78 is 1.79. The number of imidazole rings is 1. The molecule has 2 fully saturated rings. The lowest BCUT2D eigenvalue weighted by molar-refractivity contribution is -0.136. The van der Waals surface area contributed by atoms with Crippen LogP contribution < -0.4 is 10.6 Å². The summed E-state index contributed by atoms with van der Waals surface area (Å²) in [5, 5.41) is 10.9. The average Bonchev–Trinajstić information content (AvgIpc) is 3.74. The van der Waals surface area contributed by atoms with Crippen LogP contribution in [0.2, 0.25) is 0 Å². The molecule has 0 aliphatic carbocycles. The van der Waals surface area contributed by atoms with Crippen molar-refractivity contribution in [3.63, 3.8) is 0 Å². The van der Waals surface area contributed by atoms with Crippen molar-refractivity contribution >= 4 is 34.5 Å². The van der Waals surface area contributed by atoms with Gasteiger partial charge < -0.3 is 15.2 Å². The number of hydrogen-bond donors (Lipinski definition) is 3. The molecule has 2 atom stereocenters. The van der Waals surface area contributed by atoms with Gasteiger partial charge in [0.2, 0.25) is 5.91 Å². The van der Waals surface area contributed by atoms with Crippen molar-refractivity contribution in [2.75, 3.05) is 10.6 Å². The van der Waals surface area contributed by atoms with Crippen LogP contribution in [0.4, 0.5) is 16.3 Å². The van der Waals surface area contributed by atoms with Crippen LogP contribution in [0.5, 0.6) is 0 Å². The zero-order valence-corrected chi connectivity index (χ0v) is 28.3. The van der Waals surface area contributed by atoms with Crippen LogP contribution in [0, 0.1) is 12.8 Å². The lowest BCUT2D eigenvalue weighted by Crippen LogP contribution is -2.47. The smallest absolute Gasteiger partial charge is 0.324 e. The molecule has 2 unspecified atom stereocenters. The van der Waals surface area contributed by atoms with E-state index >= 15 is 0 Å². The summed E-state index contributed by atoms with van der Waals surface area (Å²) in [5.74, 6) is 2.25. The fraction of sp³-hybridized carbons (Fsp3) is 0.385. The summed E-state index contributed by atoms with van der Waals surface area (Å²) in [6, 6.07) is 26.5. The molecule has 48 heavy (non-hydrogen) atoms. The third-order valence-corrected chi connectivity index (χ3v) is 9.84. The number of nitrogens with zero attached hydrogens (tertiary/aromatic N) is 4. The topological polar surface area (TPSA) is 108 Å². The van der Waals surface area contributed by atoms with E-state index in [4.69, 9.17) is 5.10 Å². The first-order valence-electron chi connectivity index (χ1n) is 17.2. The number of nitrogens with one attached hydrogen (secondary N) is 3. The number of hydrogen-bond acceptors (Lipinski definition) is 4. The van der Waals surface area contributed by atoms with Crippen molar-refractivity contribution in [3.05, 3.63) is 102 Å². The number of rotatable bonds is 8. The monoisotopic (exact) mass is 643 g/mol. The Labute approximate surface area is 282 Å². The van der Waals surface area contributed by atoms with Gasteiger partial charge in [-0.05, 0) is 86.9 Å². The number of piperidine rings is 1. The number of carbonyl (C=O) groups excluding carboxylic acids is 2. The van der Waals surface area contributed by atoms with Gasteiger partial charge in [-0.1, -0.05) is 62.7 Å². The number of para-hydroxylation sites is 2. The molecule has 2 bridgehead atoms. The van der Waals surface area contributed by atoms with E-state index in [2.05, 4.69) is 65.3 Å². The van der Waals surface area contributed by atoms with Gasteiger partial charge >= 0.3 is 6.03 Å². The van der Waals surface area contributed by atoms with E-state index in [9.17, 15) is 9.59 Å². The summed E-state index contributed by atoms with van der Waals surface area (Å²) in [4.78, 5) is 36.8. The number of aromatic amines is 1. The SMILES string of the molecule is Cc1ccc(-n2nc(C(C)(C)C)cc2NC(=O)Nc2cccc(CC3CC4CCC(C3)N4C(=O)CCc3nc4ccccc4[nH]3)c2)cc1. The summed E-state index contributed by atoms with van der Waals surface area (Å²) >= 11 is 0. The number of aromatic nitrogens is 4. The minimum Gasteiger partial charge on any atom is -0.342 e. The molecule has 9 nitrogen and oxygen atoms in total. The minimum atomic E-state index is -0.312. The van der Waals surface area contributed by atoms with Crippen molar-refractivity contribution in [1.82, 2.24) is 24.6 Å². The molecule has 3 aromatic carbocycles. The van der Waals surface area contributed by atoms with E-state index in [1.165, 1.54) is 5.56 Å². The quantitative estimate of drug-likeness (QED) is 0.160. The number of carbonyl (C=O) groups is 2. The largest absolute Gasteiger partial charge is 0.342 e. The zero-order valence-electron chi connectivity index (χ0n) is 28.3. The Balaban J connectivity index is 0.958. The predicted molar refractivity (Wildman–Crippen MR) is 191 cm³/mol. The van der Waals surface area contributed by atoms with E-state index < -0.39 is 0 Å². The summed E-state index contributed by atoms with van der Waals surface area (Å²) in [6.07, 6.45) is 6.24. The molecular weight excluding hydrogens is 598 g/mol. The van der Waals surface area contributed by atoms with E-state index in [-0.39, 0.29) is 17.4 Å². The third-order valence-electron chi connectivity index (χ3n) is 9.84. The Hall–Kier alpha value is -4.92. The number of fused-ring (bicyclic) bond motifs is 3. The number of benzene rings is 3. The predicted octanol–water partition coefficient (Wildman–Crippen LogP) is 7.94. The Bertz CT molecular complexity index is 1890. The third kappa shape index (κ3) is 6.86. The number of anilines is 2. The van der Waals surface area contributed by atoms with Crippen LogP contribution >= 0.6 is 0 Å². The normalized spacial score (nSPS) is 19.1. The Morgan fingerprint density at radius 1 is 0.917 bits per heavy atom. The molecule has 2 aliphatic heterocycles. The number of H-pyrrole nitrogens is 1. The first kappa shape index (κ1) is 31.7. The molecule has 9 heteroatoms. The molecule has 2 saturated heterocycles. The molecule has 7 rings (SSSR count). The van der Waals surface area contributed by atoms with E-state index in [1.54, 1.807) is 4.68 Å². The van der Waals surface area contributed by atoms with Crippen LogP contribution in [-0.4, -0.2) is 48.7 Å². The van der Waals surface area contributed by atoms with Crippen molar-refractivity contribution < 1.29 is 9.59 Å². The highest BCUT2D eigenvalue weighted by molar-refractivity contribution is 5.99. The van der Waals surface area contributed by atoms with Gasteiger partial charge in [-0.25, -0.2) is 14.5 Å². The van der Waals surface area contributed by atoms with Crippen molar-refractivity contribution in [2.45, 2.75) is 90.1 Å². The molecular formula is C39H45N7O2. The molecule has 0 spiro atoms. The highest BCUT2D eigenvalue weighted by Gasteiger charge is 2.42. The maximum absolute atomic E-state index is 13.4. The average molecular weight is 644 g/mol. The standard InChI is InChI=1S/C39H45N7O2/c1-25-12-14-29(15-13-25)46-36(24-34(44-46)39(2,3)4)43-38(48)40-28-9-7-8-26(21-28)20-27-22-30-16-17-31(23-27)45(30)37(47)19-18-35-41-32-10-5-6-11-33(32)42-35/h5-15,21,24,27,30-31H,16-20,22-23H2,1-4H3,(H,41,42)(H2,40,43,48). The van der Waals surface area contributed by atoms with Crippen LogP contribution in [0.3, 0.4) is 0 Å². The Morgan fingerprint density at radius 2 is 1.67 bits per heavy atom. The second kappa shape index (κ2) is 12.9. The van der Waals surface area contributed by atoms with Crippen LogP contribution in [0.15, 0.2) is 78.9 Å². The number of amides is 3. The van der Waals surface area contributed by atoms with Gasteiger partial charge in [-0.15, -0.1) is 0 Å². The first-order chi connectivity index (χ1) is 23.1. The van der Waals surface area contributed by atoms with Crippen LogP contribution in [0.25, 0.3) is 16.7 Å². The Kier molecular flexibility index (Phi) is 8.54. The fourth-order valence-electron chi connectivity index (χ4n) is 7.45. The van der Waals surface area contributed by atoms with Gasteiger partial charge in [-0.3, -0.25) is 10.1 Å². The van der Waals surface area contributed by atoms with Gasteiger partial charge in [0.05, 0.1) is 22.4 Å². The maximum Gasteiger partial charge on any atom is 0.324 e. The molecule has 3 amide bonds. The van der Waals surface area contributed by atoms with E-state index in [0.29, 0.717) is 36.7 Å². The molecule has 5 aromatic rings. The van der Waals surface area contributed by atoms with Crippen LogP contribution in [0.1, 0.15) is 75.5 Å². The highest BCUT2D eigenvalue weighted by Crippen LogP contribution is 2.40. The molecule has 2 aliphatic rings. The van der Waals surface area contributed by atoms with Crippen molar-refractivity contribution in [3.8, 4) is 5.69 Å². The zero-order chi connectivity index (χ0) is 33.4. The molecule has 3 N–H and O–H groups in total. The van der Waals surface area contributed by atoms with Gasteiger partial charge in [0, 0.05) is 42.1 Å². The highest BCUT2D eigenvalue weighted by atomic mass is 16.2. The van der Waals surface area contributed by atoms with Crippen LogP contribution in [-0.2, 0) is 23.1 Å². The van der Waals surface area contributed by atoms with Crippen molar-refractivity contribution in [1.29, 1.82) is 0 Å². The molecule has 2 aromatic heterocycles. The maximum atomic E-state index is 13.4. The summed E-state index contributed by atoms with van der Waals surface area (Å²) in [7, 11) is 0. The second-order valence-electron chi connectivity index (χ2n) is 14.6. The van der Waals surface area contributed by atoms with E-state index in [1.807, 2.05) is 66.7 Å². The van der Waals surface area contributed by atoms with Gasteiger partial charge in [0.1, 0.15) is 11.6 Å². The lowest BCUT2D eigenvalue weighted by atomic mass is 9.85. The summed E-state index contributed by atoms with van der Waals surface area (Å²) in [5.41, 5.74) is 6.69. The lowest BCUT2D eigenvalue weighted by Gasteiger charge is -2.39. The van der Waals surface area contributed by atoms with Gasteiger partial charge in [0.25, 0.3) is 0 Å². The summed E-state index contributed by atoms with van der Waals surface area (Å²) in [6.45, 7) is 8.39. The van der Waals surface area contributed by atoms with Crippen molar-refractivity contribution in [2.24, 2.45) is 5.92 Å².